The van der Waals surface area contributed by atoms with Crippen molar-refractivity contribution in [2.45, 2.75) is 20.4 Å². The molecule has 1 N–H and O–H groups in total. The van der Waals surface area contributed by atoms with Crippen LogP contribution in [0, 0.1) is 5.92 Å². The van der Waals surface area contributed by atoms with Gasteiger partial charge in [-0.05, 0) is 23.3 Å². The minimum Gasteiger partial charge on any atom is -0.368 e. The molecule has 0 spiro atoms. The van der Waals surface area contributed by atoms with E-state index in [9.17, 15) is 0 Å². The molecule has 1 aromatic heterocycles. The van der Waals surface area contributed by atoms with Gasteiger partial charge >= 0.3 is 0 Å². The topological polar surface area (TPSA) is 58.9 Å². The van der Waals surface area contributed by atoms with Crippen molar-refractivity contribution in [1.29, 1.82) is 0 Å². The molecule has 6 heteroatoms. The maximum Gasteiger partial charge on any atom is 0.207 e. The third kappa shape index (κ3) is 3.21. The van der Waals surface area contributed by atoms with Gasteiger partial charge in [-0.25, -0.2) is 0 Å². The molecule has 0 amide bonds. The third-order valence-electron chi connectivity index (χ3n) is 3.58. The highest BCUT2D eigenvalue weighted by molar-refractivity contribution is 5.74. The summed E-state index contributed by atoms with van der Waals surface area (Å²) < 4.78 is 0. The maximum absolute atomic E-state index is 4.53. The van der Waals surface area contributed by atoms with Gasteiger partial charge in [0, 0.05) is 37.4 Å². The van der Waals surface area contributed by atoms with Crippen molar-refractivity contribution in [3.8, 4) is 11.4 Å². The van der Waals surface area contributed by atoms with Crippen molar-refractivity contribution >= 4 is 5.69 Å². The number of rotatable bonds is 4. The molecule has 1 aliphatic rings. The fourth-order valence-corrected chi connectivity index (χ4v) is 2.60. The SMILES string of the molecule is CC(C)Cn1nnc(-c2ccccc2N2CCNCC2)n1. The number of nitrogens with one attached hydrogen (secondary N) is 1. The first-order valence-corrected chi connectivity index (χ1v) is 7.57. The summed E-state index contributed by atoms with van der Waals surface area (Å²) in [6.07, 6.45) is 0. The molecular weight excluding hydrogens is 264 g/mol. The second kappa shape index (κ2) is 6.22. The average molecular weight is 286 g/mol. The largest absolute Gasteiger partial charge is 0.368 e. The zero-order valence-corrected chi connectivity index (χ0v) is 12.7. The number of hydrogen-bond acceptors (Lipinski definition) is 5. The van der Waals surface area contributed by atoms with Crippen LogP contribution in [-0.2, 0) is 6.54 Å². The third-order valence-corrected chi connectivity index (χ3v) is 3.58. The Balaban J connectivity index is 1.89. The highest BCUT2D eigenvalue weighted by Gasteiger charge is 2.17. The van der Waals surface area contributed by atoms with E-state index in [1.807, 2.05) is 6.07 Å². The predicted octanol–water partition coefficient (Wildman–Crippen LogP) is 1.41. The average Bonchev–Trinajstić information content (AvgIpc) is 2.96. The first-order chi connectivity index (χ1) is 10.2. The van der Waals surface area contributed by atoms with Crippen LogP contribution in [-0.4, -0.2) is 46.4 Å². The summed E-state index contributed by atoms with van der Waals surface area (Å²) >= 11 is 0. The van der Waals surface area contributed by atoms with Crippen molar-refractivity contribution < 1.29 is 0 Å². The lowest BCUT2D eigenvalue weighted by molar-refractivity contribution is 0.430. The number of nitrogens with zero attached hydrogens (tertiary/aromatic N) is 5. The van der Waals surface area contributed by atoms with Crippen molar-refractivity contribution in [3.05, 3.63) is 24.3 Å². The van der Waals surface area contributed by atoms with E-state index in [0.717, 1.165) is 38.3 Å². The van der Waals surface area contributed by atoms with Gasteiger partial charge in [0.2, 0.25) is 5.82 Å². The molecule has 6 nitrogen and oxygen atoms in total. The van der Waals surface area contributed by atoms with Crippen LogP contribution in [0.4, 0.5) is 5.69 Å². The molecule has 2 aromatic rings. The number of aromatic nitrogens is 4. The summed E-state index contributed by atoms with van der Waals surface area (Å²) in [4.78, 5) is 4.07. The van der Waals surface area contributed by atoms with E-state index in [4.69, 9.17) is 0 Å². The summed E-state index contributed by atoms with van der Waals surface area (Å²) in [7, 11) is 0. The standard InChI is InChI=1S/C15H22N6/c1-12(2)11-21-18-15(17-19-21)13-5-3-4-6-14(13)20-9-7-16-8-10-20/h3-6,12,16H,7-11H2,1-2H3. The predicted molar refractivity (Wildman–Crippen MR) is 83.2 cm³/mol. The summed E-state index contributed by atoms with van der Waals surface area (Å²) in [5.41, 5.74) is 2.26. The second-order valence-electron chi connectivity index (χ2n) is 5.82. The van der Waals surface area contributed by atoms with E-state index < -0.39 is 0 Å². The Bertz CT molecular complexity index is 585. The summed E-state index contributed by atoms with van der Waals surface area (Å²) in [5.74, 6) is 1.22. The fourth-order valence-electron chi connectivity index (χ4n) is 2.60. The van der Waals surface area contributed by atoms with Crippen molar-refractivity contribution in [2.24, 2.45) is 5.92 Å². The molecule has 0 saturated carbocycles. The van der Waals surface area contributed by atoms with E-state index in [1.54, 1.807) is 4.80 Å². The van der Waals surface area contributed by atoms with Gasteiger partial charge < -0.3 is 10.2 Å². The van der Waals surface area contributed by atoms with Crippen molar-refractivity contribution in [3.63, 3.8) is 0 Å². The lowest BCUT2D eigenvalue weighted by Gasteiger charge is -2.30. The zero-order valence-electron chi connectivity index (χ0n) is 12.7. The van der Waals surface area contributed by atoms with E-state index in [2.05, 4.69) is 57.7 Å². The number of anilines is 1. The van der Waals surface area contributed by atoms with Gasteiger partial charge in [-0.1, -0.05) is 26.0 Å². The Morgan fingerprint density at radius 1 is 1.19 bits per heavy atom. The highest BCUT2D eigenvalue weighted by atomic mass is 15.6. The van der Waals surface area contributed by atoms with Crippen LogP contribution in [0.25, 0.3) is 11.4 Å². The number of hydrogen-bond donors (Lipinski definition) is 1. The molecule has 1 aromatic carbocycles. The Morgan fingerprint density at radius 2 is 1.95 bits per heavy atom. The van der Waals surface area contributed by atoms with Crippen LogP contribution in [0.3, 0.4) is 0 Å². The molecular formula is C15H22N6. The number of tetrazole rings is 1. The Labute approximate surface area is 125 Å². The van der Waals surface area contributed by atoms with E-state index in [1.165, 1.54) is 5.69 Å². The molecule has 112 valence electrons. The molecule has 0 radical (unpaired) electrons. The number of benzene rings is 1. The fraction of sp³-hybridized carbons (Fsp3) is 0.533. The van der Waals surface area contributed by atoms with Crippen LogP contribution in [0.2, 0.25) is 0 Å². The molecule has 0 bridgehead atoms. The lowest BCUT2D eigenvalue weighted by atomic mass is 10.1. The molecule has 1 saturated heterocycles. The highest BCUT2D eigenvalue weighted by Crippen LogP contribution is 2.28. The normalized spacial score (nSPS) is 15.7. The minimum absolute atomic E-state index is 0.510. The van der Waals surface area contributed by atoms with Crippen LogP contribution in [0.15, 0.2) is 24.3 Å². The number of piperazine rings is 1. The molecule has 21 heavy (non-hydrogen) atoms. The van der Waals surface area contributed by atoms with Crippen LogP contribution in [0.1, 0.15) is 13.8 Å². The van der Waals surface area contributed by atoms with Crippen LogP contribution < -0.4 is 10.2 Å². The van der Waals surface area contributed by atoms with Gasteiger partial charge in [-0.15, -0.1) is 10.2 Å². The summed E-state index contributed by atoms with van der Waals surface area (Å²) in [6.45, 7) is 9.15. The Hall–Kier alpha value is -1.95. The van der Waals surface area contributed by atoms with Crippen LogP contribution in [0.5, 0.6) is 0 Å². The van der Waals surface area contributed by atoms with Crippen molar-refractivity contribution in [2.75, 3.05) is 31.1 Å². The molecule has 2 heterocycles. The van der Waals surface area contributed by atoms with Gasteiger partial charge in [0.25, 0.3) is 0 Å². The number of para-hydroxylation sites is 1. The van der Waals surface area contributed by atoms with Gasteiger partial charge in [-0.2, -0.15) is 4.80 Å². The van der Waals surface area contributed by atoms with Crippen molar-refractivity contribution in [1.82, 2.24) is 25.5 Å². The quantitative estimate of drug-likeness (QED) is 0.921. The summed E-state index contributed by atoms with van der Waals surface area (Å²) in [5, 5.41) is 16.3. The van der Waals surface area contributed by atoms with Gasteiger partial charge in [0.15, 0.2) is 0 Å². The lowest BCUT2D eigenvalue weighted by Crippen LogP contribution is -2.43. The van der Waals surface area contributed by atoms with E-state index >= 15 is 0 Å². The smallest absolute Gasteiger partial charge is 0.207 e. The van der Waals surface area contributed by atoms with Gasteiger partial charge in [0.05, 0.1) is 6.54 Å². The zero-order chi connectivity index (χ0) is 14.7. The molecule has 1 fully saturated rings. The molecule has 1 aliphatic heterocycles. The summed E-state index contributed by atoms with van der Waals surface area (Å²) in [6, 6.07) is 8.32. The molecule has 3 rings (SSSR count). The first kappa shape index (κ1) is 14.0. The first-order valence-electron chi connectivity index (χ1n) is 7.57. The second-order valence-corrected chi connectivity index (χ2v) is 5.82. The Morgan fingerprint density at radius 3 is 2.71 bits per heavy atom. The monoisotopic (exact) mass is 286 g/mol. The van der Waals surface area contributed by atoms with Crippen LogP contribution >= 0.6 is 0 Å². The maximum atomic E-state index is 4.53. The molecule has 0 aliphatic carbocycles. The minimum atomic E-state index is 0.510. The van der Waals surface area contributed by atoms with Gasteiger partial charge in [0.1, 0.15) is 0 Å². The molecule has 0 atom stereocenters. The van der Waals surface area contributed by atoms with E-state index in [-0.39, 0.29) is 0 Å². The Kier molecular flexibility index (Phi) is 4.15. The molecule has 0 unspecified atom stereocenters. The van der Waals surface area contributed by atoms with E-state index in [0.29, 0.717) is 11.7 Å². The van der Waals surface area contributed by atoms with Gasteiger partial charge in [-0.3, -0.25) is 0 Å².